The van der Waals surface area contributed by atoms with Gasteiger partial charge in [-0.3, -0.25) is 14.4 Å². The van der Waals surface area contributed by atoms with E-state index in [1.165, 1.54) is 0 Å². The highest BCUT2D eigenvalue weighted by atomic mass is 19.2. The fourth-order valence-corrected chi connectivity index (χ4v) is 1.58. The van der Waals surface area contributed by atoms with Crippen molar-refractivity contribution in [3.63, 3.8) is 0 Å². The van der Waals surface area contributed by atoms with Crippen LogP contribution in [0.3, 0.4) is 0 Å². The molecule has 10 heteroatoms. The molecule has 6 nitrogen and oxygen atoms in total. The molecular formula is C10H4F4N2O4. The molecule has 0 spiro atoms. The number of nitrogens with zero attached hydrogens (tertiary/aromatic N) is 1. The lowest BCUT2D eigenvalue weighted by atomic mass is 10.1. The van der Waals surface area contributed by atoms with Gasteiger partial charge in [-0.1, -0.05) is 0 Å². The molecule has 106 valence electrons. The first-order valence-corrected chi connectivity index (χ1v) is 4.96. The zero-order valence-electron chi connectivity index (χ0n) is 9.38. The van der Waals surface area contributed by atoms with Crippen LogP contribution in [0.5, 0.6) is 0 Å². The van der Waals surface area contributed by atoms with Gasteiger partial charge in [0, 0.05) is 0 Å². The summed E-state index contributed by atoms with van der Waals surface area (Å²) < 4.78 is 52.9. The second-order valence-electron chi connectivity index (χ2n) is 3.51. The van der Waals surface area contributed by atoms with Crippen LogP contribution >= 0.6 is 0 Å². The number of carbonyl (C=O) groups is 3. The van der Waals surface area contributed by atoms with E-state index < -0.39 is 52.9 Å². The molecular weight excluding hydrogens is 288 g/mol. The summed E-state index contributed by atoms with van der Waals surface area (Å²) in [5, 5.41) is 1.81. The predicted octanol–water partition coefficient (Wildman–Crippen LogP) is 0.474. The van der Waals surface area contributed by atoms with Gasteiger partial charge >= 0.3 is 0 Å². The first-order chi connectivity index (χ1) is 9.41. The number of benzene rings is 1. The monoisotopic (exact) mass is 292 g/mol. The van der Waals surface area contributed by atoms with Gasteiger partial charge in [0.1, 0.15) is 6.73 Å². The molecule has 1 aliphatic rings. The van der Waals surface area contributed by atoms with Gasteiger partial charge < -0.3 is 5.32 Å². The molecule has 1 aliphatic heterocycles. The normalized spacial score (nSPS) is 13.7. The minimum atomic E-state index is -2.21. The van der Waals surface area contributed by atoms with E-state index in [9.17, 15) is 31.9 Å². The number of carbonyl (C=O) groups excluding carboxylic acids is 3. The number of hydrogen-bond donors (Lipinski definition) is 1. The van der Waals surface area contributed by atoms with Crippen LogP contribution in [-0.4, -0.2) is 30.0 Å². The second kappa shape index (κ2) is 4.89. The number of hydroxylamine groups is 2. The zero-order valence-corrected chi connectivity index (χ0v) is 9.38. The van der Waals surface area contributed by atoms with E-state index in [4.69, 9.17) is 0 Å². The van der Waals surface area contributed by atoms with Crippen LogP contribution in [0.1, 0.15) is 20.7 Å². The molecule has 1 N–H and O–H groups in total. The Labute approximate surface area is 107 Å². The predicted molar refractivity (Wildman–Crippen MR) is 51.9 cm³/mol. The Hall–Kier alpha value is -2.49. The maximum Gasteiger partial charge on any atom is 0.289 e. The highest BCUT2D eigenvalue weighted by Gasteiger charge is 2.45. The molecule has 0 saturated heterocycles. The molecule has 0 radical (unpaired) electrons. The molecule has 0 aliphatic carbocycles. The summed E-state index contributed by atoms with van der Waals surface area (Å²) in [5.41, 5.74) is -2.53. The van der Waals surface area contributed by atoms with Crippen LogP contribution in [0.4, 0.5) is 17.6 Å². The Morgan fingerprint density at radius 3 is 1.80 bits per heavy atom. The molecule has 0 fully saturated rings. The van der Waals surface area contributed by atoms with Crippen molar-refractivity contribution in [1.29, 1.82) is 0 Å². The minimum Gasteiger partial charge on any atom is -0.334 e. The molecule has 3 amide bonds. The summed E-state index contributed by atoms with van der Waals surface area (Å²) in [5.74, 6) is -11.4. The van der Waals surface area contributed by atoms with Gasteiger partial charge in [-0.2, -0.15) is 0 Å². The summed E-state index contributed by atoms with van der Waals surface area (Å²) in [6.45, 7) is -0.664. The van der Waals surface area contributed by atoms with Gasteiger partial charge in [0.15, 0.2) is 23.3 Å². The lowest BCUT2D eigenvalue weighted by Crippen LogP contribution is -2.34. The van der Waals surface area contributed by atoms with Crippen LogP contribution < -0.4 is 5.32 Å². The maximum absolute atomic E-state index is 13.4. The van der Waals surface area contributed by atoms with Crippen LogP contribution in [0, 0.1) is 23.3 Å². The molecule has 0 atom stereocenters. The Morgan fingerprint density at radius 2 is 1.40 bits per heavy atom. The Bertz CT molecular complexity index is 587. The Morgan fingerprint density at radius 1 is 0.950 bits per heavy atom. The lowest BCUT2D eigenvalue weighted by molar-refractivity contribution is -0.121. The van der Waals surface area contributed by atoms with E-state index in [-0.39, 0.29) is 11.5 Å². The van der Waals surface area contributed by atoms with Crippen molar-refractivity contribution in [2.75, 3.05) is 6.73 Å². The second-order valence-corrected chi connectivity index (χ2v) is 3.51. The average molecular weight is 292 g/mol. The molecule has 1 heterocycles. The molecule has 0 aromatic heterocycles. The van der Waals surface area contributed by atoms with E-state index in [1.54, 1.807) is 0 Å². The molecule has 20 heavy (non-hydrogen) atoms. The molecule has 1 aromatic rings. The van der Waals surface area contributed by atoms with Crippen LogP contribution in [-0.2, 0) is 9.63 Å². The standard InChI is InChI=1S/C10H4F4N2O4/c11-5-3-4(6(12)8(14)7(5)13)10(19)16(9(3)18)20-2-15-1-17/h1H,2H2,(H,15,17). The third-order valence-corrected chi connectivity index (χ3v) is 2.42. The molecule has 2 rings (SSSR count). The third kappa shape index (κ3) is 1.81. The Kier molecular flexibility index (Phi) is 3.40. The summed E-state index contributed by atoms with van der Waals surface area (Å²) in [4.78, 5) is 37.6. The van der Waals surface area contributed by atoms with Crippen molar-refractivity contribution in [2.24, 2.45) is 0 Å². The van der Waals surface area contributed by atoms with E-state index in [0.717, 1.165) is 0 Å². The van der Waals surface area contributed by atoms with Crippen LogP contribution in [0.2, 0.25) is 0 Å². The average Bonchev–Trinajstić information content (AvgIpc) is 2.67. The van der Waals surface area contributed by atoms with Crippen molar-refractivity contribution in [1.82, 2.24) is 10.4 Å². The summed E-state index contributed by atoms with van der Waals surface area (Å²) >= 11 is 0. The van der Waals surface area contributed by atoms with Gasteiger partial charge in [-0.15, -0.1) is 5.06 Å². The van der Waals surface area contributed by atoms with E-state index in [1.807, 2.05) is 5.32 Å². The van der Waals surface area contributed by atoms with Crippen molar-refractivity contribution in [3.8, 4) is 0 Å². The van der Waals surface area contributed by atoms with Gasteiger partial charge in [0.2, 0.25) is 6.41 Å². The van der Waals surface area contributed by atoms with Crippen LogP contribution in [0.15, 0.2) is 0 Å². The van der Waals surface area contributed by atoms with Gasteiger partial charge in [0.25, 0.3) is 11.8 Å². The van der Waals surface area contributed by atoms with Crippen molar-refractivity contribution in [3.05, 3.63) is 34.4 Å². The SMILES string of the molecule is O=CNCON1C(=O)c2c(F)c(F)c(F)c(F)c2C1=O. The van der Waals surface area contributed by atoms with Crippen molar-refractivity contribution < 1.29 is 36.8 Å². The third-order valence-electron chi connectivity index (χ3n) is 2.42. The summed E-state index contributed by atoms with van der Waals surface area (Å²) in [6.07, 6.45) is 0.165. The zero-order chi connectivity index (χ0) is 15.0. The smallest absolute Gasteiger partial charge is 0.289 e. The van der Waals surface area contributed by atoms with E-state index in [2.05, 4.69) is 4.84 Å². The summed E-state index contributed by atoms with van der Waals surface area (Å²) in [7, 11) is 0. The molecule has 0 unspecified atom stereocenters. The summed E-state index contributed by atoms with van der Waals surface area (Å²) in [6, 6.07) is 0. The van der Waals surface area contributed by atoms with Gasteiger partial charge in [-0.05, 0) is 0 Å². The van der Waals surface area contributed by atoms with Crippen molar-refractivity contribution in [2.45, 2.75) is 0 Å². The number of rotatable bonds is 4. The van der Waals surface area contributed by atoms with E-state index >= 15 is 0 Å². The molecule has 1 aromatic carbocycles. The quantitative estimate of drug-likeness (QED) is 0.166. The topological polar surface area (TPSA) is 75.7 Å². The fourth-order valence-electron chi connectivity index (χ4n) is 1.58. The number of halogens is 4. The fraction of sp³-hybridized carbons (Fsp3) is 0.100. The van der Waals surface area contributed by atoms with Crippen molar-refractivity contribution >= 4 is 18.2 Å². The highest BCUT2D eigenvalue weighted by Crippen LogP contribution is 2.31. The molecule has 0 bridgehead atoms. The number of fused-ring (bicyclic) bond motifs is 1. The first kappa shape index (κ1) is 13.9. The number of hydrogen-bond acceptors (Lipinski definition) is 4. The maximum atomic E-state index is 13.4. The van der Waals surface area contributed by atoms with E-state index in [0.29, 0.717) is 0 Å². The minimum absolute atomic E-state index is 0.105. The Balaban J connectivity index is 2.49. The lowest BCUT2D eigenvalue weighted by Gasteiger charge is -2.12. The largest absolute Gasteiger partial charge is 0.334 e. The molecule has 0 saturated carbocycles. The number of imide groups is 1. The number of amides is 3. The highest BCUT2D eigenvalue weighted by molar-refractivity contribution is 6.20. The number of nitrogens with one attached hydrogen (secondary N) is 1. The van der Waals surface area contributed by atoms with Crippen LogP contribution in [0.25, 0.3) is 0 Å². The van der Waals surface area contributed by atoms with Gasteiger partial charge in [-0.25, -0.2) is 22.4 Å². The first-order valence-electron chi connectivity index (χ1n) is 4.96. The van der Waals surface area contributed by atoms with Gasteiger partial charge in [0.05, 0.1) is 11.1 Å².